The fourth-order valence-electron chi connectivity index (χ4n) is 3.26. The van der Waals surface area contributed by atoms with Crippen LogP contribution in [0.4, 0.5) is 0 Å². The molecule has 0 bridgehead atoms. The number of guanidine groups is 1. The molecule has 144 valence electrons. The third kappa shape index (κ3) is 6.73. The minimum absolute atomic E-state index is 0. The van der Waals surface area contributed by atoms with Crippen LogP contribution in [0.25, 0.3) is 0 Å². The second-order valence-corrected chi connectivity index (χ2v) is 7.29. The normalized spacial score (nSPS) is 18.3. The Labute approximate surface area is 177 Å². The molecule has 1 aliphatic rings. The molecule has 1 unspecified atom stereocenters. The topological polar surface area (TPSA) is 45.0 Å². The van der Waals surface area contributed by atoms with Crippen molar-refractivity contribution in [3.05, 3.63) is 22.4 Å². The van der Waals surface area contributed by atoms with E-state index in [1.54, 1.807) is 7.11 Å². The summed E-state index contributed by atoms with van der Waals surface area (Å²) in [6.07, 6.45) is 4.58. The van der Waals surface area contributed by atoms with Crippen molar-refractivity contribution < 1.29 is 4.74 Å². The molecule has 0 aromatic carbocycles. The molecule has 2 rings (SSSR count). The lowest BCUT2D eigenvalue weighted by Crippen LogP contribution is -2.46. The number of aromatic nitrogens is 1. The zero-order valence-electron chi connectivity index (χ0n) is 15.7. The van der Waals surface area contributed by atoms with Crippen LogP contribution in [0.2, 0.25) is 0 Å². The minimum atomic E-state index is 0. The summed E-state index contributed by atoms with van der Waals surface area (Å²) >= 11 is 3.53. The predicted molar refractivity (Wildman–Crippen MR) is 118 cm³/mol. The summed E-state index contributed by atoms with van der Waals surface area (Å²) in [7, 11) is 7.75. The van der Waals surface area contributed by atoms with Crippen LogP contribution in [0.1, 0.15) is 18.5 Å². The molecule has 1 saturated heterocycles. The van der Waals surface area contributed by atoms with Crippen LogP contribution < -0.4 is 5.32 Å². The second kappa shape index (κ2) is 11.4. The molecule has 25 heavy (non-hydrogen) atoms. The first-order valence-corrected chi connectivity index (χ1v) is 9.30. The van der Waals surface area contributed by atoms with Crippen LogP contribution in [0.3, 0.4) is 0 Å². The molecule has 8 heteroatoms. The molecule has 6 nitrogen and oxygen atoms in total. The maximum absolute atomic E-state index is 5.22. The number of nitrogens with one attached hydrogen (secondary N) is 1. The van der Waals surface area contributed by atoms with Crippen LogP contribution >= 0.6 is 39.9 Å². The van der Waals surface area contributed by atoms with Gasteiger partial charge in [0.05, 0.1) is 13.2 Å². The fourth-order valence-corrected chi connectivity index (χ4v) is 3.84. The Kier molecular flexibility index (Phi) is 10.4. The SMILES string of the molecule is CN=C(NCC1CCCN1CCOC)N(C)Cc1cc(Br)cn1C.I. The Bertz CT molecular complexity index is 551. The van der Waals surface area contributed by atoms with E-state index in [0.717, 1.165) is 36.7 Å². The highest BCUT2D eigenvalue weighted by Crippen LogP contribution is 2.17. The van der Waals surface area contributed by atoms with E-state index in [1.165, 1.54) is 25.1 Å². The van der Waals surface area contributed by atoms with Crippen molar-refractivity contribution in [2.75, 3.05) is 47.4 Å². The zero-order chi connectivity index (χ0) is 17.5. The molecule has 2 heterocycles. The minimum Gasteiger partial charge on any atom is -0.383 e. The molecule has 1 aromatic rings. The number of halogens is 2. The van der Waals surface area contributed by atoms with Crippen molar-refractivity contribution >= 4 is 45.9 Å². The Balaban J connectivity index is 0.00000312. The number of ether oxygens (including phenoxy) is 1. The number of nitrogens with zero attached hydrogens (tertiary/aromatic N) is 4. The quantitative estimate of drug-likeness (QED) is 0.336. The standard InChI is InChI=1S/C17H30BrN5O.HI/c1-19-17(22(3)13-16-10-14(18)12-21(16)2)20-11-15-6-5-7-23(15)8-9-24-4;/h10,12,15H,5-9,11,13H2,1-4H3,(H,19,20);1H. The van der Waals surface area contributed by atoms with Gasteiger partial charge in [-0.25, -0.2) is 0 Å². The first-order chi connectivity index (χ1) is 11.5. The highest BCUT2D eigenvalue weighted by molar-refractivity contribution is 14.0. The van der Waals surface area contributed by atoms with E-state index in [9.17, 15) is 0 Å². The third-order valence-electron chi connectivity index (χ3n) is 4.62. The van der Waals surface area contributed by atoms with Crippen molar-refractivity contribution in [3.8, 4) is 0 Å². The summed E-state index contributed by atoms with van der Waals surface area (Å²) in [5, 5.41) is 3.54. The van der Waals surface area contributed by atoms with E-state index in [0.29, 0.717) is 6.04 Å². The predicted octanol–water partition coefficient (Wildman–Crippen LogP) is 2.52. The van der Waals surface area contributed by atoms with Crippen molar-refractivity contribution in [2.45, 2.75) is 25.4 Å². The van der Waals surface area contributed by atoms with Gasteiger partial charge in [0.25, 0.3) is 0 Å². The first kappa shape index (κ1) is 22.7. The van der Waals surface area contributed by atoms with E-state index < -0.39 is 0 Å². The smallest absolute Gasteiger partial charge is 0.193 e. The van der Waals surface area contributed by atoms with Gasteiger partial charge < -0.3 is 19.5 Å². The van der Waals surface area contributed by atoms with Gasteiger partial charge in [0.2, 0.25) is 0 Å². The summed E-state index contributed by atoms with van der Waals surface area (Å²) in [5.74, 6) is 0.936. The molecule has 0 aliphatic carbocycles. The molecule has 1 fully saturated rings. The van der Waals surface area contributed by atoms with E-state index in [-0.39, 0.29) is 24.0 Å². The number of hydrogen-bond donors (Lipinski definition) is 1. The Morgan fingerprint density at radius 1 is 1.52 bits per heavy atom. The van der Waals surface area contributed by atoms with Gasteiger partial charge in [-0.3, -0.25) is 9.89 Å². The van der Waals surface area contributed by atoms with E-state index in [2.05, 4.69) is 67.0 Å². The first-order valence-electron chi connectivity index (χ1n) is 8.50. The number of aliphatic imine (C=N–C) groups is 1. The molecule has 1 aromatic heterocycles. The van der Waals surface area contributed by atoms with E-state index in [1.807, 2.05) is 7.05 Å². The van der Waals surface area contributed by atoms with Gasteiger partial charge in [-0.1, -0.05) is 0 Å². The monoisotopic (exact) mass is 527 g/mol. The van der Waals surface area contributed by atoms with Crippen LogP contribution in [-0.4, -0.2) is 73.8 Å². The van der Waals surface area contributed by atoms with Gasteiger partial charge >= 0.3 is 0 Å². The summed E-state index contributed by atoms with van der Waals surface area (Å²) in [4.78, 5) is 9.11. The molecule has 1 aliphatic heterocycles. The lowest BCUT2D eigenvalue weighted by atomic mass is 10.2. The summed E-state index contributed by atoms with van der Waals surface area (Å²) in [6.45, 7) is 4.72. The van der Waals surface area contributed by atoms with Crippen molar-refractivity contribution in [1.82, 2.24) is 19.7 Å². The lowest BCUT2D eigenvalue weighted by molar-refractivity contribution is 0.141. The highest BCUT2D eigenvalue weighted by Gasteiger charge is 2.24. The zero-order valence-corrected chi connectivity index (χ0v) is 19.6. The summed E-state index contributed by atoms with van der Waals surface area (Å²) in [6, 6.07) is 2.71. The van der Waals surface area contributed by atoms with E-state index in [4.69, 9.17) is 4.74 Å². The van der Waals surface area contributed by atoms with Gasteiger partial charge in [-0.2, -0.15) is 0 Å². The number of rotatable bonds is 7. The molecule has 1 atom stereocenters. The van der Waals surface area contributed by atoms with E-state index >= 15 is 0 Å². The summed E-state index contributed by atoms with van der Waals surface area (Å²) < 4.78 is 8.46. The molecule has 0 saturated carbocycles. The molecular weight excluding hydrogens is 497 g/mol. The summed E-state index contributed by atoms with van der Waals surface area (Å²) in [5.41, 5.74) is 1.25. The van der Waals surface area contributed by atoms with Gasteiger partial charge in [-0.05, 0) is 41.4 Å². The third-order valence-corrected chi connectivity index (χ3v) is 5.06. The Morgan fingerprint density at radius 2 is 2.28 bits per heavy atom. The van der Waals surface area contributed by atoms with Gasteiger partial charge in [0.1, 0.15) is 0 Å². The molecule has 0 radical (unpaired) electrons. The average molecular weight is 528 g/mol. The van der Waals surface area contributed by atoms with Crippen LogP contribution in [0, 0.1) is 0 Å². The van der Waals surface area contributed by atoms with Gasteiger partial charge in [0.15, 0.2) is 5.96 Å². The number of methoxy groups -OCH3 is 1. The van der Waals surface area contributed by atoms with Crippen LogP contribution in [-0.2, 0) is 18.3 Å². The van der Waals surface area contributed by atoms with Crippen molar-refractivity contribution in [2.24, 2.45) is 12.0 Å². The van der Waals surface area contributed by atoms with Crippen molar-refractivity contribution in [3.63, 3.8) is 0 Å². The molecule has 1 N–H and O–H groups in total. The Hall–Kier alpha value is -0.320. The molecular formula is C17H31BrIN5O. The number of likely N-dealkylation sites (tertiary alicyclic amines) is 1. The second-order valence-electron chi connectivity index (χ2n) is 6.37. The number of hydrogen-bond acceptors (Lipinski definition) is 3. The molecule has 0 amide bonds. The fraction of sp³-hybridized carbons (Fsp3) is 0.706. The maximum atomic E-state index is 5.22. The molecule has 0 spiro atoms. The maximum Gasteiger partial charge on any atom is 0.193 e. The Morgan fingerprint density at radius 3 is 2.88 bits per heavy atom. The average Bonchev–Trinajstić information content (AvgIpc) is 3.12. The largest absolute Gasteiger partial charge is 0.383 e. The number of aryl methyl sites for hydroxylation is 1. The lowest BCUT2D eigenvalue weighted by Gasteiger charge is -2.27. The van der Waals surface area contributed by atoms with Gasteiger partial charge in [-0.15, -0.1) is 24.0 Å². The van der Waals surface area contributed by atoms with Crippen molar-refractivity contribution in [1.29, 1.82) is 0 Å². The van der Waals surface area contributed by atoms with Gasteiger partial charge in [0, 0.05) is 63.7 Å². The van der Waals surface area contributed by atoms with Crippen LogP contribution in [0.5, 0.6) is 0 Å². The highest BCUT2D eigenvalue weighted by atomic mass is 127. The van der Waals surface area contributed by atoms with Crippen LogP contribution in [0.15, 0.2) is 21.7 Å².